The fourth-order valence-electron chi connectivity index (χ4n) is 2.46. The van der Waals surface area contributed by atoms with E-state index in [1.54, 1.807) is 0 Å². The summed E-state index contributed by atoms with van der Waals surface area (Å²) in [4.78, 5) is 12.1. The van der Waals surface area contributed by atoms with Crippen molar-refractivity contribution in [1.82, 2.24) is 9.62 Å². The molecule has 0 radical (unpaired) electrons. The number of hydrogen-bond donors (Lipinski definition) is 1. The third-order valence-electron chi connectivity index (χ3n) is 3.91. The van der Waals surface area contributed by atoms with Crippen molar-refractivity contribution in [3.8, 4) is 0 Å². The Bertz CT molecular complexity index is 709. The number of nitrogens with one attached hydrogen (secondary N) is 1. The van der Waals surface area contributed by atoms with E-state index >= 15 is 0 Å². The molecule has 0 bridgehead atoms. The van der Waals surface area contributed by atoms with Crippen LogP contribution >= 0.6 is 0 Å². The van der Waals surface area contributed by atoms with Crippen molar-refractivity contribution in [1.29, 1.82) is 0 Å². The minimum absolute atomic E-state index is 0.0520. The zero-order valence-electron chi connectivity index (χ0n) is 13.5. The van der Waals surface area contributed by atoms with Crippen LogP contribution in [0.5, 0.6) is 0 Å². The lowest BCUT2D eigenvalue weighted by Gasteiger charge is -2.21. The van der Waals surface area contributed by atoms with Gasteiger partial charge in [0.05, 0.1) is 31.4 Å². The second kappa shape index (κ2) is 7.54. The van der Waals surface area contributed by atoms with E-state index in [1.165, 1.54) is 26.2 Å². The van der Waals surface area contributed by atoms with Gasteiger partial charge in [-0.15, -0.1) is 0 Å². The molecule has 0 aliphatic carbocycles. The number of ether oxygens (including phenoxy) is 1. The number of hydrogen-bond acceptors (Lipinski definition) is 4. The van der Waals surface area contributed by atoms with E-state index in [-0.39, 0.29) is 31.0 Å². The monoisotopic (exact) mass is 362 g/mol. The Morgan fingerprint density at radius 1 is 1.33 bits per heavy atom. The van der Waals surface area contributed by atoms with Crippen molar-refractivity contribution in [3.63, 3.8) is 0 Å². The third-order valence-corrected chi connectivity index (χ3v) is 5.87. The van der Waals surface area contributed by atoms with E-state index < -0.39 is 39.5 Å². The van der Waals surface area contributed by atoms with E-state index in [4.69, 9.17) is 4.74 Å². The molecule has 1 aromatic rings. The highest BCUT2D eigenvalue weighted by Gasteiger charge is 2.34. The predicted octanol–water partition coefficient (Wildman–Crippen LogP) is 0.530. The average Bonchev–Trinajstić information content (AvgIpc) is 2.90. The van der Waals surface area contributed by atoms with Crippen LogP contribution in [0.25, 0.3) is 0 Å². The first-order valence-electron chi connectivity index (χ1n) is 7.41. The lowest BCUT2D eigenvalue weighted by Crippen LogP contribution is -2.44. The summed E-state index contributed by atoms with van der Waals surface area (Å²) >= 11 is 0. The molecule has 9 heteroatoms. The Hall–Kier alpha value is -1.58. The van der Waals surface area contributed by atoms with E-state index in [9.17, 15) is 22.0 Å². The van der Waals surface area contributed by atoms with Gasteiger partial charge in [-0.25, -0.2) is 21.5 Å². The summed E-state index contributed by atoms with van der Waals surface area (Å²) in [5.74, 6) is -3.12. The minimum Gasteiger partial charge on any atom is -0.379 e. The third kappa shape index (κ3) is 4.49. The molecule has 2 unspecified atom stereocenters. The van der Waals surface area contributed by atoms with Crippen molar-refractivity contribution in [2.24, 2.45) is 5.92 Å². The number of carbonyl (C=O) groups excluding carboxylic acids is 1. The first-order chi connectivity index (χ1) is 11.2. The molecule has 1 fully saturated rings. The molecule has 0 aromatic heterocycles. The summed E-state index contributed by atoms with van der Waals surface area (Å²) < 4.78 is 57.0. The summed E-state index contributed by atoms with van der Waals surface area (Å²) in [6, 6.07) is 3.15. The molecule has 1 aliphatic rings. The van der Waals surface area contributed by atoms with Gasteiger partial charge in [0.1, 0.15) is 0 Å². The zero-order chi connectivity index (χ0) is 17.9. The van der Waals surface area contributed by atoms with Gasteiger partial charge in [0.2, 0.25) is 15.9 Å². The second-order valence-corrected chi connectivity index (χ2v) is 8.15. The summed E-state index contributed by atoms with van der Waals surface area (Å²) in [6.07, 6.45) is -0.326. The molecule has 134 valence electrons. The molecule has 1 aliphatic heterocycles. The SMILES string of the molecule is CN(C)S(=O)(=O)CC1COCC1NC(=O)Cc1cccc(F)c1F. The maximum atomic E-state index is 13.6. The van der Waals surface area contributed by atoms with Gasteiger partial charge in [-0.3, -0.25) is 4.79 Å². The summed E-state index contributed by atoms with van der Waals surface area (Å²) in [5.41, 5.74) is -0.0520. The molecule has 0 spiro atoms. The van der Waals surface area contributed by atoms with Crippen molar-refractivity contribution in [2.45, 2.75) is 12.5 Å². The van der Waals surface area contributed by atoms with Gasteiger partial charge in [-0.2, -0.15) is 0 Å². The number of nitrogens with zero attached hydrogens (tertiary/aromatic N) is 1. The Kier molecular flexibility index (Phi) is 5.89. The molecule has 2 atom stereocenters. The van der Waals surface area contributed by atoms with E-state index in [0.717, 1.165) is 10.4 Å². The van der Waals surface area contributed by atoms with Gasteiger partial charge in [0.25, 0.3) is 0 Å². The van der Waals surface area contributed by atoms with E-state index in [1.807, 2.05) is 0 Å². The molecular weight excluding hydrogens is 342 g/mol. The maximum Gasteiger partial charge on any atom is 0.224 e. The van der Waals surface area contributed by atoms with Crippen molar-refractivity contribution in [3.05, 3.63) is 35.4 Å². The normalized spacial score (nSPS) is 21.2. The standard InChI is InChI=1S/C15H20F2N2O4S/c1-19(2)24(21,22)9-11-7-23-8-13(11)18-14(20)6-10-4-3-5-12(16)15(10)17/h3-5,11,13H,6-9H2,1-2H3,(H,18,20). The van der Waals surface area contributed by atoms with Crippen LogP contribution in [-0.2, 0) is 26.0 Å². The van der Waals surface area contributed by atoms with Crippen LogP contribution in [0.4, 0.5) is 8.78 Å². The minimum atomic E-state index is -3.43. The molecule has 1 saturated heterocycles. The molecule has 1 N–H and O–H groups in total. The molecule has 6 nitrogen and oxygen atoms in total. The largest absolute Gasteiger partial charge is 0.379 e. The fraction of sp³-hybridized carbons (Fsp3) is 0.533. The molecule has 1 aromatic carbocycles. The van der Waals surface area contributed by atoms with Gasteiger partial charge in [0, 0.05) is 25.6 Å². The van der Waals surface area contributed by atoms with Gasteiger partial charge in [-0.1, -0.05) is 12.1 Å². The van der Waals surface area contributed by atoms with Gasteiger partial charge in [0.15, 0.2) is 11.6 Å². The first-order valence-corrected chi connectivity index (χ1v) is 9.02. The van der Waals surface area contributed by atoms with Gasteiger partial charge >= 0.3 is 0 Å². The zero-order valence-corrected chi connectivity index (χ0v) is 14.3. The topological polar surface area (TPSA) is 75.7 Å². The molecule has 2 rings (SSSR count). The molecule has 24 heavy (non-hydrogen) atoms. The van der Waals surface area contributed by atoms with Crippen molar-refractivity contribution < 1.29 is 26.7 Å². The Morgan fingerprint density at radius 3 is 2.71 bits per heavy atom. The fourth-order valence-corrected chi connectivity index (χ4v) is 3.63. The number of rotatable bonds is 6. The Balaban J connectivity index is 1.99. The smallest absolute Gasteiger partial charge is 0.224 e. The van der Waals surface area contributed by atoms with Gasteiger partial charge < -0.3 is 10.1 Å². The van der Waals surface area contributed by atoms with Gasteiger partial charge in [-0.05, 0) is 6.07 Å². The van der Waals surface area contributed by atoms with Crippen molar-refractivity contribution in [2.75, 3.05) is 33.1 Å². The van der Waals surface area contributed by atoms with Crippen LogP contribution in [0.2, 0.25) is 0 Å². The number of benzene rings is 1. The number of sulfonamides is 1. The Labute approximate surface area is 139 Å². The highest BCUT2D eigenvalue weighted by Crippen LogP contribution is 2.18. The number of carbonyl (C=O) groups is 1. The van der Waals surface area contributed by atoms with E-state index in [0.29, 0.717) is 0 Å². The summed E-state index contributed by atoms with van der Waals surface area (Å²) in [7, 11) is -0.557. The van der Waals surface area contributed by atoms with Crippen LogP contribution in [0.15, 0.2) is 18.2 Å². The lowest BCUT2D eigenvalue weighted by atomic mass is 10.1. The van der Waals surface area contributed by atoms with Crippen LogP contribution in [0.1, 0.15) is 5.56 Å². The van der Waals surface area contributed by atoms with E-state index in [2.05, 4.69) is 5.32 Å². The molecule has 0 saturated carbocycles. The summed E-state index contributed by atoms with van der Waals surface area (Å²) in [5, 5.41) is 2.65. The number of amides is 1. The molecular formula is C15H20F2N2O4S. The first kappa shape index (κ1) is 18.8. The van der Waals surface area contributed by atoms with Crippen LogP contribution < -0.4 is 5.32 Å². The highest BCUT2D eigenvalue weighted by atomic mass is 32.2. The average molecular weight is 362 g/mol. The van der Waals surface area contributed by atoms with Crippen LogP contribution in [-0.4, -0.2) is 57.7 Å². The highest BCUT2D eigenvalue weighted by molar-refractivity contribution is 7.89. The summed E-state index contributed by atoms with van der Waals surface area (Å²) in [6.45, 7) is 0.400. The lowest BCUT2D eigenvalue weighted by molar-refractivity contribution is -0.121. The van der Waals surface area contributed by atoms with Crippen LogP contribution in [0.3, 0.4) is 0 Å². The maximum absolute atomic E-state index is 13.6. The molecule has 1 heterocycles. The number of halogens is 2. The Morgan fingerprint density at radius 2 is 2.04 bits per heavy atom. The molecule has 1 amide bonds. The second-order valence-electron chi connectivity index (χ2n) is 5.92. The quantitative estimate of drug-likeness (QED) is 0.801. The van der Waals surface area contributed by atoms with Crippen molar-refractivity contribution >= 4 is 15.9 Å². The van der Waals surface area contributed by atoms with Crippen LogP contribution in [0, 0.1) is 17.6 Å². The predicted molar refractivity (Wildman–Crippen MR) is 83.8 cm³/mol.